The first kappa shape index (κ1) is 9.97. The predicted octanol–water partition coefficient (Wildman–Crippen LogP) is 2.53. The maximum Gasteiger partial charge on any atom is 0.0898 e. The molecule has 0 radical (unpaired) electrons. The van der Waals surface area contributed by atoms with E-state index in [2.05, 4.69) is 6.92 Å². The number of hydrogen-bond donors (Lipinski definition) is 1. The Morgan fingerprint density at radius 3 is 2.75 bits per heavy atom. The fourth-order valence-corrected chi connectivity index (χ4v) is 2.17. The van der Waals surface area contributed by atoms with Crippen LogP contribution in [0.25, 0.3) is 0 Å². The number of alkyl halides is 1. The molecule has 3 unspecified atom stereocenters. The Bertz CT molecular complexity index is 127. The summed E-state index contributed by atoms with van der Waals surface area (Å²) < 4.78 is 12.1. The first-order valence-corrected chi connectivity index (χ1v) is 5.02. The average Bonchev–Trinajstić information content (AvgIpc) is 2.09. The van der Waals surface area contributed by atoms with Crippen molar-refractivity contribution in [1.29, 1.82) is 0 Å². The molecule has 1 nitrogen and oxygen atoms in total. The van der Waals surface area contributed by atoms with Gasteiger partial charge in [-0.1, -0.05) is 13.3 Å². The van der Waals surface area contributed by atoms with Gasteiger partial charge in [0.05, 0.1) is 12.8 Å². The second-order valence-electron chi connectivity index (χ2n) is 3.89. The van der Waals surface area contributed by atoms with Crippen molar-refractivity contribution in [3.05, 3.63) is 0 Å². The second kappa shape index (κ2) is 4.80. The molecule has 72 valence electrons. The second-order valence-corrected chi connectivity index (χ2v) is 3.89. The lowest BCUT2D eigenvalue weighted by molar-refractivity contribution is 0.0397. The Labute approximate surface area is 74.0 Å². The maximum atomic E-state index is 12.1. The Morgan fingerprint density at radius 1 is 1.42 bits per heavy atom. The molecular formula is C10H19FO. The minimum Gasteiger partial charge on any atom is -0.393 e. The first-order chi connectivity index (χ1) is 5.77. The van der Waals surface area contributed by atoms with Crippen LogP contribution in [0, 0.1) is 11.8 Å². The molecule has 1 saturated carbocycles. The van der Waals surface area contributed by atoms with E-state index in [1.54, 1.807) is 0 Å². The summed E-state index contributed by atoms with van der Waals surface area (Å²) >= 11 is 0. The first-order valence-electron chi connectivity index (χ1n) is 5.02. The fraction of sp³-hybridized carbons (Fsp3) is 1.00. The molecule has 0 aromatic rings. The molecule has 0 amide bonds. The monoisotopic (exact) mass is 174 g/mol. The highest BCUT2D eigenvalue weighted by atomic mass is 19.1. The van der Waals surface area contributed by atoms with Crippen molar-refractivity contribution in [2.24, 2.45) is 11.8 Å². The SMILES string of the molecule is CCC1CCC(O)C(CCF)C1. The van der Waals surface area contributed by atoms with Gasteiger partial charge in [-0.3, -0.25) is 4.39 Å². The summed E-state index contributed by atoms with van der Waals surface area (Å²) in [5, 5.41) is 9.55. The van der Waals surface area contributed by atoms with Crippen molar-refractivity contribution in [3.63, 3.8) is 0 Å². The molecule has 1 aliphatic rings. The topological polar surface area (TPSA) is 20.2 Å². The smallest absolute Gasteiger partial charge is 0.0898 e. The number of aliphatic hydroxyl groups excluding tert-OH is 1. The van der Waals surface area contributed by atoms with Crippen LogP contribution in [0.1, 0.15) is 39.0 Å². The van der Waals surface area contributed by atoms with E-state index in [4.69, 9.17) is 0 Å². The molecule has 0 aliphatic heterocycles. The van der Waals surface area contributed by atoms with Gasteiger partial charge >= 0.3 is 0 Å². The third-order valence-electron chi connectivity index (χ3n) is 3.11. The third-order valence-corrected chi connectivity index (χ3v) is 3.11. The lowest BCUT2D eigenvalue weighted by atomic mass is 9.77. The van der Waals surface area contributed by atoms with E-state index in [1.807, 2.05) is 0 Å². The van der Waals surface area contributed by atoms with Crippen molar-refractivity contribution in [2.75, 3.05) is 6.67 Å². The molecule has 0 saturated heterocycles. The zero-order valence-electron chi connectivity index (χ0n) is 7.80. The quantitative estimate of drug-likeness (QED) is 0.697. The Morgan fingerprint density at radius 2 is 2.17 bits per heavy atom. The van der Waals surface area contributed by atoms with Crippen molar-refractivity contribution < 1.29 is 9.50 Å². The normalized spacial score (nSPS) is 36.8. The van der Waals surface area contributed by atoms with Crippen LogP contribution >= 0.6 is 0 Å². The summed E-state index contributed by atoms with van der Waals surface area (Å²) in [6.45, 7) is 1.90. The van der Waals surface area contributed by atoms with Crippen molar-refractivity contribution in [3.8, 4) is 0 Å². The fourth-order valence-electron chi connectivity index (χ4n) is 2.17. The van der Waals surface area contributed by atoms with E-state index in [1.165, 1.54) is 6.42 Å². The van der Waals surface area contributed by atoms with Gasteiger partial charge in [0, 0.05) is 0 Å². The van der Waals surface area contributed by atoms with Gasteiger partial charge in [-0.2, -0.15) is 0 Å². The van der Waals surface area contributed by atoms with Crippen LogP contribution in [-0.4, -0.2) is 17.9 Å². The molecule has 0 spiro atoms. The lowest BCUT2D eigenvalue weighted by Gasteiger charge is -2.32. The van der Waals surface area contributed by atoms with Crippen molar-refractivity contribution >= 4 is 0 Å². The maximum absolute atomic E-state index is 12.1. The molecular weight excluding hydrogens is 155 g/mol. The largest absolute Gasteiger partial charge is 0.393 e. The van der Waals surface area contributed by atoms with Gasteiger partial charge in [-0.15, -0.1) is 0 Å². The predicted molar refractivity (Wildman–Crippen MR) is 47.7 cm³/mol. The van der Waals surface area contributed by atoms with E-state index in [-0.39, 0.29) is 18.7 Å². The van der Waals surface area contributed by atoms with Crippen molar-refractivity contribution in [2.45, 2.75) is 45.1 Å². The summed E-state index contributed by atoms with van der Waals surface area (Å²) in [5.74, 6) is 0.957. The molecule has 1 N–H and O–H groups in total. The molecule has 1 fully saturated rings. The highest BCUT2D eigenvalue weighted by Crippen LogP contribution is 2.33. The Balaban J connectivity index is 2.36. The zero-order valence-corrected chi connectivity index (χ0v) is 7.80. The molecule has 2 heteroatoms. The molecule has 0 aromatic heterocycles. The summed E-state index contributed by atoms with van der Waals surface area (Å²) in [6.07, 6.45) is 4.53. The van der Waals surface area contributed by atoms with Crippen LogP contribution in [0.15, 0.2) is 0 Å². The van der Waals surface area contributed by atoms with E-state index < -0.39 is 0 Å². The summed E-state index contributed by atoms with van der Waals surface area (Å²) in [6, 6.07) is 0. The molecule has 1 aliphatic carbocycles. The van der Waals surface area contributed by atoms with Gasteiger partial charge in [0.1, 0.15) is 0 Å². The summed E-state index contributed by atoms with van der Waals surface area (Å²) in [7, 11) is 0. The number of aliphatic hydroxyl groups is 1. The molecule has 0 aromatic carbocycles. The molecule has 1 rings (SSSR count). The molecule has 0 bridgehead atoms. The van der Waals surface area contributed by atoms with E-state index in [0.29, 0.717) is 6.42 Å². The minimum absolute atomic E-state index is 0.230. The number of halogens is 1. The highest BCUT2D eigenvalue weighted by Gasteiger charge is 2.27. The summed E-state index contributed by atoms with van der Waals surface area (Å²) in [5.41, 5.74) is 0. The van der Waals surface area contributed by atoms with Crippen molar-refractivity contribution in [1.82, 2.24) is 0 Å². The van der Waals surface area contributed by atoms with E-state index >= 15 is 0 Å². The molecule has 3 atom stereocenters. The van der Waals surface area contributed by atoms with Crippen LogP contribution in [-0.2, 0) is 0 Å². The third kappa shape index (κ3) is 2.44. The van der Waals surface area contributed by atoms with Crippen LogP contribution in [0.3, 0.4) is 0 Å². The highest BCUT2D eigenvalue weighted by molar-refractivity contribution is 4.78. The Hall–Kier alpha value is -0.110. The van der Waals surface area contributed by atoms with E-state index in [9.17, 15) is 9.50 Å². The van der Waals surface area contributed by atoms with Gasteiger partial charge in [0.25, 0.3) is 0 Å². The van der Waals surface area contributed by atoms with Crippen LogP contribution < -0.4 is 0 Å². The van der Waals surface area contributed by atoms with Gasteiger partial charge in [0.15, 0.2) is 0 Å². The van der Waals surface area contributed by atoms with E-state index in [0.717, 1.165) is 25.2 Å². The molecule has 0 heterocycles. The van der Waals surface area contributed by atoms with Crippen LogP contribution in [0.4, 0.5) is 4.39 Å². The zero-order chi connectivity index (χ0) is 8.97. The Kier molecular flexibility index (Phi) is 3.99. The average molecular weight is 174 g/mol. The standard InChI is InChI=1S/C10H19FO/c1-2-8-3-4-10(12)9(7-8)5-6-11/h8-10,12H,2-7H2,1H3. The van der Waals surface area contributed by atoms with Crippen LogP contribution in [0.5, 0.6) is 0 Å². The van der Waals surface area contributed by atoms with Gasteiger partial charge in [-0.05, 0) is 37.5 Å². The lowest BCUT2D eigenvalue weighted by Crippen LogP contribution is -2.29. The minimum atomic E-state index is -0.280. The summed E-state index contributed by atoms with van der Waals surface area (Å²) in [4.78, 5) is 0. The van der Waals surface area contributed by atoms with Crippen LogP contribution in [0.2, 0.25) is 0 Å². The van der Waals surface area contributed by atoms with Gasteiger partial charge < -0.3 is 5.11 Å². The van der Waals surface area contributed by atoms with Gasteiger partial charge in [-0.25, -0.2) is 0 Å². The molecule has 12 heavy (non-hydrogen) atoms. The number of rotatable bonds is 3. The number of hydrogen-bond acceptors (Lipinski definition) is 1. The van der Waals surface area contributed by atoms with Gasteiger partial charge in [0.2, 0.25) is 0 Å².